The van der Waals surface area contributed by atoms with Crippen LogP contribution in [0.4, 0.5) is 0 Å². The van der Waals surface area contributed by atoms with Crippen molar-refractivity contribution in [1.29, 1.82) is 0 Å². The van der Waals surface area contributed by atoms with Gasteiger partial charge in [0.15, 0.2) is 0 Å². The van der Waals surface area contributed by atoms with E-state index >= 15 is 0 Å². The second-order valence-electron chi connectivity index (χ2n) is 5.10. The molecule has 0 unspecified atom stereocenters. The molecule has 106 valence electrons. The van der Waals surface area contributed by atoms with Gasteiger partial charge < -0.3 is 4.55 Å². The molecule has 0 atom stereocenters. The van der Waals surface area contributed by atoms with Gasteiger partial charge in [-0.15, -0.1) is 0 Å². The third-order valence-corrected chi connectivity index (χ3v) is 4.49. The topological polar surface area (TPSA) is 57.2 Å². The van der Waals surface area contributed by atoms with E-state index in [1.807, 2.05) is 36.4 Å². The number of hydrogen-bond donors (Lipinski definition) is 0. The van der Waals surface area contributed by atoms with Gasteiger partial charge in [-0.3, -0.25) is 0 Å². The van der Waals surface area contributed by atoms with E-state index in [0.717, 1.165) is 16.2 Å². The molecule has 0 radical (unpaired) electrons. The zero-order chi connectivity index (χ0) is 15.2. The summed E-state index contributed by atoms with van der Waals surface area (Å²) in [5, 5.41) is 3.08. The van der Waals surface area contributed by atoms with E-state index in [9.17, 15) is 13.0 Å². The fraction of sp³-hybridized carbons (Fsp3) is 0.0588. The largest absolute Gasteiger partial charge is 1.00 e. The normalized spacial score (nSPS) is 11.4. The average molecular weight is 320 g/mol. The molecule has 0 fully saturated rings. The first-order chi connectivity index (χ1) is 9.88. The number of allylic oxidation sites excluding steroid dienone is 1. The van der Waals surface area contributed by atoms with E-state index in [-0.39, 0.29) is 34.5 Å². The Hall–Kier alpha value is -1.17. The molecule has 3 aromatic rings. The summed E-state index contributed by atoms with van der Waals surface area (Å²) in [5.41, 5.74) is 0.937. The molecule has 0 N–H and O–H groups in total. The maximum atomic E-state index is 11.7. The molecule has 0 saturated carbocycles. The van der Waals surface area contributed by atoms with Crippen LogP contribution in [0.15, 0.2) is 60.0 Å². The predicted octanol–water partition coefficient (Wildman–Crippen LogP) is 0.934. The summed E-state index contributed by atoms with van der Waals surface area (Å²) in [6, 6.07) is 14.7. The summed E-state index contributed by atoms with van der Waals surface area (Å²) in [6.07, 6.45) is 0. The van der Waals surface area contributed by atoms with Gasteiger partial charge in [0, 0.05) is 5.39 Å². The zero-order valence-electron chi connectivity index (χ0n) is 12.5. The van der Waals surface area contributed by atoms with Crippen molar-refractivity contribution in [3.05, 3.63) is 60.7 Å². The van der Waals surface area contributed by atoms with E-state index in [4.69, 9.17) is 0 Å². The molecular formula is C17H13NaO3S. The third kappa shape index (κ3) is 2.98. The van der Waals surface area contributed by atoms with Gasteiger partial charge in [0.1, 0.15) is 10.1 Å². The molecule has 3 rings (SSSR count). The second kappa shape index (κ2) is 6.14. The minimum atomic E-state index is -4.58. The Kier molecular flexibility index (Phi) is 4.80. The van der Waals surface area contributed by atoms with Crippen LogP contribution in [0.3, 0.4) is 0 Å². The van der Waals surface area contributed by atoms with Crippen LogP contribution in [0.25, 0.3) is 27.1 Å². The Morgan fingerprint density at radius 1 is 1.00 bits per heavy atom. The van der Waals surface area contributed by atoms with Crippen molar-refractivity contribution < 1.29 is 42.5 Å². The smallest absolute Gasteiger partial charge is 0.744 e. The van der Waals surface area contributed by atoms with Crippen molar-refractivity contribution in [3.63, 3.8) is 0 Å². The summed E-state index contributed by atoms with van der Waals surface area (Å²) in [5.74, 6) is 0. The maximum absolute atomic E-state index is 11.7. The van der Waals surface area contributed by atoms with Crippen LogP contribution in [0.2, 0.25) is 0 Å². The Morgan fingerprint density at radius 2 is 1.59 bits per heavy atom. The number of rotatable bonds is 2. The first-order valence-electron chi connectivity index (χ1n) is 6.45. The van der Waals surface area contributed by atoms with Gasteiger partial charge in [-0.1, -0.05) is 43.0 Å². The zero-order valence-corrected chi connectivity index (χ0v) is 15.3. The minimum Gasteiger partial charge on any atom is -0.744 e. The molecule has 0 heterocycles. The van der Waals surface area contributed by atoms with Crippen LogP contribution < -0.4 is 29.6 Å². The standard InChI is InChI=1S/C17H14O3S.Na/c1-11(2)15-8-7-14-9-12-5-3-4-6-13(12)10-16(14)17(15)21(18,19)20;/h3-10H,1H2,2H3,(H,18,19,20);/q;+1/p-1. The molecule has 0 aliphatic carbocycles. The summed E-state index contributed by atoms with van der Waals surface area (Å²) in [6.45, 7) is 5.46. The summed E-state index contributed by atoms with van der Waals surface area (Å²) >= 11 is 0. The van der Waals surface area contributed by atoms with Crippen LogP contribution >= 0.6 is 0 Å². The third-order valence-electron chi connectivity index (χ3n) is 3.55. The number of hydrogen-bond acceptors (Lipinski definition) is 3. The van der Waals surface area contributed by atoms with Crippen LogP contribution in [0.5, 0.6) is 0 Å². The molecule has 0 aliphatic heterocycles. The van der Waals surface area contributed by atoms with Crippen molar-refractivity contribution in [3.8, 4) is 0 Å². The first kappa shape index (κ1) is 17.2. The van der Waals surface area contributed by atoms with Crippen molar-refractivity contribution >= 4 is 37.2 Å². The molecule has 0 amide bonds. The van der Waals surface area contributed by atoms with Crippen molar-refractivity contribution in [2.75, 3.05) is 0 Å². The van der Waals surface area contributed by atoms with Gasteiger partial charge in [0.05, 0.1) is 4.90 Å². The molecule has 0 bridgehead atoms. The average Bonchev–Trinajstić information content (AvgIpc) is 2.42. The van der Waals surface area contributed by atoms with Gasteiger partial charge >= 0.3 is 29.6 Å². The van der Waals surface area contributed by atoms with Crippen LogP contribution in [-0.2, 0) is 10.1 Å². The Morgan fingerprint density at radius 3 is 2.14 bits per heavy atom. The fourth-order valence-corrected chi connectivity index (χ4v) is 3.55. The van der Waals surface area contributed by atoms with Gasteiger partial charge in [-0.05, 0) is 46.4 Å². The van der Waals surface area contributed by atoms with Gasteiger partial charge in [0.2, 0.25) is 0 Å². The summed E-state index contributed by atoms with van der Waals surface area (Å²) < 4.78 is 35.1. The number of benzene rings is 3. The molecule has 0 spiro atoms. The Labute approximate surface area is 151 Å². The van der Waals surface area contributed by atoms with Crippen molar-refractivity contribution in [1.82, 2.24) is 0 Å². The van der Waals surface area contributed by atoms with E-state index in [0.29, 0.717) is 16.5 Å². The fourth-order valence-electron chi connectivity index (χ4n) is 2.59. The van der Waals surface area contributed by atoms with Crippen LogP contribution in [0.1, 0.15) is 12.5 Å². The van der Waals surface area contributed by atoms with Crippen molar-refractivity contribution in [2.24, 2.45) is 0 Å². The molecular weight excluding hydrogens is 307 g/mol. The van der Waals surface area contributed by atoms with E-state index < -0.39 is 10.1 Å². The van der Waals surface area contributed by atoms with E-state index in [2.05, 4.69) is 6.58 Å². The van der Waals surface area contributed by atoms with Crippen molar-refractivity contribution in [2.45, 2.75) is 11.8 Å². The van der Waals surface area contributed by atoms with Gasteiger partial charge in [-0.25, -0.2) is 8.42 Å². The molecule has 5 heteroatoms. The molecule has 0 saturated heterocycles. The monoisotopic (exact) mass is 320 g/mol. The predicted molar refractivity (Wildman–Crippen MR) is 84.1 cm³/mol. The van der Waals surface area contributed by atoms with E-state index in [1.54, 1.807) is 19.1 Å². The Balaban J connectivity index is 0.00000176. The second-order valence-corrected chi connectivity index (χ2v) is 6.41. The molecule has 22 heavy (non-hydrogen) atoms. The minimum absolute atomic E-state index is 0. The van der Waals surface area contributed by atoms with Crippen LogP contribution in [-0.4, -0.2) is 13.0 Å². The summed E-state index contributed by atoms with van der Waals surface area (Å²) in [4.78, 5) is -0.182. The molecule has 0 aromatic heterocycles. The van der Waals surface area contributed by atoms with E-state index in [1.165, 1.54) is 0 Å². The summed E-state index contributed by atoms with van der Waals surface area (Å²) in [7, 11) is -4.58. The van der Waals surface area contributed by atoms with Gasteiger partial charge in [-0.2, -0.15) is 0 Å². The first-order valence-corrected chi connectivity index (χ1v) is 7.86. The number of fused-ring (bicyclic) bond motifs is 2. The maximum Gasteiger partial charge on any atom is 1.00 e. The quantitative estimate of drug-likeness (QED) is 0.401. The van der Waals surface area contributed by atoms with Gasteiger partial charge in [0.25, 0.3) is 0 Å². The Bertz CT molecular complexity index is 991. The van der Waals surface area contributed by atoms with Crippen LogP contribution in [0, 0.1) is 0 Å². The SMILES string of the molecule is C=C(C)c1ccc2cc3ccccc3cc2c1S(=O)(=O)[O-].[Na+]. The molecule has 0 aliphatic rings. The molecule has 3 aromatic carbocycles. The molecule has 3 nitrogen and oxygen atoms in total.